The predicted molar refractivity (Wildman–Crippen MR) is 118 cm³/mol. The van der Waals surface area contributed by atoms with E-state index in [1.165, 1.54) is 6.92 Å². The van der Waals surface area contributed by atoms with Gasteiger partial charge in [0.05, 0.1) is 0 Å². The lowest BCUT2D eigenvalue weighted by atomic mass is 9.98. The molecule has 2 aromatic rings. The summed E-state index contributed by atoms with van der Waals surface area (Å²) >= 11 is 0. The second kappa shape index (κ2) is 8.63. The number of carboxylic acids is 1. The van der Waals surface area contributed by atoms with Gasteiger partial charge in [0.1, 0.15) is 12.2 Å². The third-order valence-electron chi connectivity index (χ3n) is 5.40. The Balaban J connectivity index is 1.89. The summed E-state index contributed by atoms with van der Waals surface area (Å²) in [6.07, 6.45) is -2.58. The number of rotatable bonds is 5. The number of aliphatic carboxylic acids is 1. The number of imide groups is 1. The lowest BCUT2D eigenvalue weighted by Crippen LogP contribution is -2.65. The minimum absolute atomic E-state index is 0.0917. The Morgan fingerprint density at radius 3 is 1.91 bits per heavy atom. The maximum Gasteiger partial charge on any atom is 0.421 e. The molecule has 0 aliphatic heterocycles. The Morgan fingerprint density at radius 2 is 1.47 bits per heavy atom. The van der Waals surface area contributed by atoms with Crippen molar-refractivity contribution in [3.8, 4) is 11.1 Å². The van der Waals surface area contributed by atoms with E-state index in [9.17, 15) is 19.5 Å². The molecular weight excluding hydrogens is 412 g/mol. The number of benzene rings is 2. The molecule has 8 heteroatoms. The van der Waals surface area contributed by atoms with Gasteiger partial charge >= 0.3 is 18.2 Å². The van der Waals surface area contributed by atoms with Crippen LogP contribution in [0.2, 0.25) is 0 Å². The van der Waals surface area contributed by atoms with E-state index in [-0.39, 0.29) is 18.9 Å². The van der Waals surface area contributed by atoms with Crippen LogP contribution in [0.3, 0.4) is 0 Å². The molecule has 2 amide bonds. The zero-order valence-corrected chi connectivity index (χ0v) is 18.6. The van der Waals surface area contributed by atoms with Crippen molar-refractivity contribution in [2.24, 2.45) is 5.73 Å². The molecule has 0 saturated heterocycles. The summed E-state index contributed by atoms with van der Waals surface area (Å²) in [6, 6.07) is 15.6. The standard InChI is InChI=1S/C24H28N2O6/c1-5-24(25,20(27)28)26(22(30)32-23(2,3)4)21(29)31-14-19-17-12-8-6-10-15(17)16-11-7-9-13-18(16)19/h6-13,19H,5,14,25H2,1-4H3,(H,27,28). The van der Waals surface area contributed by atoms with E-state index in [4.69, 9.17) is 15.2 Å². The number of fused-ring (bicyclic) bond motifs is 3. The fourth-order valence-electron chi connectivity index (χ4n) is 3.77. The van der Waals surface area contributed by atoms with Crippen molar-refractivity contribution in [3.63, 3.8) is 0 Å². The first-order valence-corrected chi connectivity index (χ1v) is 10.4. The quantitative estimate of drug-likeness (QED) is 0.664. The number of carbonyl (C=O) groups excluding carboxylic acids is 2. The number of nitrogens with zero attached hydrogens (tertiary/aromatic N) is 1. The van der Waals surface area contributed by atoms with Gasteiger partial charge < -0.3 is 14.6 Å². The lowest BCUT2D eigenvalue weighted by molar-refractivity contribution is -0.150. The second-order valence-electron chi connectivity index (χ2n) is 8.70. The fraction of sp³-hybridized carbons (Fsp3) is 0.375. The van der Waals surface area contributed by atoms with Gasteiger partial charge in [-0.15, -0.1) is 0 Å². The largest absolute Gasteiger partial charge is 0.478 e. The number of nitrogens with two attached hydrogens (primary N) is 1. The van der Waals surface area contributed by atoms with Crippen LogP contribution in [-0.2, 0) is 14.3 Å². The summed E-state index contributed by atoms with van der Waals surface area (Å²) in [5.41, 5.74) is 6.74. The van der Waals surface area contributed by atoms with Crippen molar-refractivity contribution < 1.29 is 29.0 Å². The van der Waals surface area contributed by atoms with E-state index in [0.29, 0.717) is 4.90 Å². The fourth-order valence-corrected chi connectivity index (χ4v) is 3.77. The predicted octanol–water partition coefficient (Wildman–Crippen LogP) is 4.32. The highest BCUT2D eigenvalue weighted by Gasteiger charge is 2.49. The Labute approximate surface area is 186 Å². The van der Waals surface area contributed by atoms with Gasteiger partial charge in [0.2, 0.25) is 5.66 Å². The van der Waals surface area contributed by atoms with Crippen LogP contribution in [-0.4, -0.2) is 46.0 Å². The molecule has 0 bridgehead atoms. The van der Waals surface area contributed by atoms with Gasteiger partial charge in [-0.05, 0) is 49.4 Å². The molecule has 2 aromatic carbocycles. The zero-order valence-electron chi connectivity index (χ0n) is 18.6. The summed E-state index contributed by atoms with van der Waals surface area (Å²) in [7, 11) is 0. The first-order chi connectivity index (χ1) is 15.0. The smallest absolute Gasteiger partial charge is 0.421 e. The molecule has 0 saturated carbocycles. The summed E-state index contributed by atoms with van der Waals surface area (Å²) in [6.45, 7) is 6.18. The number of carboxylic acid groups (broad SMARTS) is 1. The van der Waals surface area contributed by atoms with E-state index in [1.807, 2.05) is 48.5 Å². The molecule has 170 valence electrons. The second-order valence-corrected chi connectivity index (χ2v) is 8.70. The third-order valence-corrected chi connectivity index (χ3v) is 5.40. The molecule has 1 aliphatic carbocycles. The summed E-state index contributed by atoms with van der Waals surface area (Å²) < 4.78 is 10.7. The Bertz CT molecular complexity index is 999. The van der Waals surface area contributed by atoms with Crippen molar-refractivity contribution in [3.05, 3.63) is 59.7 Å². The van der Waals surface area contributed by atoms with E-state index in [1.54, 1.807) is 20.8 Å². The maximum absolute atomic E-state index is 13.0. The molecule has 0 fully saturated rings. The summed E-state index contributed by atoms with van der Waals surface area (Å²) in [5, 5.41) is 9.66. The molecule has 3 N–H and O–H groups in total. The van der Waals surface area contributed by atoms with E-state index in [0.717, 1.165) is 22.3 Å². The van der Waals surface area contributed by atoms with Crippen LogP contribution in [0.25, 0.3) is 11.1 Å². The maximum atomic E-state index is 13.0. The molecule has 0 spiro atoms. The van der Waals surface area contributed by atoms with Crippen LogP contribution in [0.15, 0.2) is 48.5 Å². The minimum Gasteiger partial charge on any atom is -0.478 e. The van der Waals surface area contributed by atoms with Gasteiger partial charge in [0.15, 0.2) is 0 Å². The van der Waals surface area contributed by atoms with Crippen LogP contribution >= 0.6 is 0 Å². The van der Waals surface area contributed by atoms with Gasteiger partial charge in [-0.3, -0.25) is 5.73 Å². The molecule has 1 unspecified atom stereocenters. The number of carbonyl (C=O) groups is 3. The van der Waals surface area contributed by atoms with Gasteiger partial charge in [0, 0.05) is 5.92 Å². The topological polar surface area (TPSA) is 119 Å². The number of ether oxygens (including phenoxy) is 2. The first kappa shape index (κ1) is 23.3. The molecule has 1 aliphatic rings. The van der Waals surface area contributed by atoms with Crippen LogP contribution in [0.4, 0.5) is 9.59 Å². The Kier molecular flexibility index (Phi) is 6.27. The van der Waals surface area contributed by atoms with Crippen molar-refractivity contribution in [1.29, 1.82) is 0 Å². The van der Waals surface area contributed by atoms with Crippen LogP contribution in [0.5, 0.6) is 0 Å². The Morgan fingerprint density at radius 1 is 0.969 bits per heavy atom. The van der Waals surface area contributed by atoms with Gasteiger partial charge in [-0.1, -0.05) is 55.5 Å². The van der Waals surface area contributed by atoms with Crippen LogP contribution in [0, 0.1) is 0 Å². The van der Waals surface area contributed by atoms with Gasteiger partial charge in [-0.25, -0.2) is 14.4 Å². The molecule has 3 rings (SSSR count). The molecule has 0 heterocycles. The number of amides is 2. The van der Waals surface area contributed by atoms with Gasteiger partial charge in [-0.2, -0.15) is 4.90 Å². The Hall–Kier alpha value is -3.39. The molecule has 1 atom stereocenters. The summed E-state index contributed by atoms with van der Waals surface area (Å²) in [5.74, 6) is -1.80. The SMILES string of the molecule is CCC(N)(C(=O)O)N(C(=O)OCC1c2ccccc2-c2ccccc21)C(=O)OC(C)(C)C. The molecule has 0 aromatic heterocycles. The molecular formula is C24H28N2O6. The lowest BCUT2D eigenvalue weighted by Gasteiger charge is -2.35. The molecule has 8 nitrogen and oxygen atoms in total. The zero-order chi connectivity index (χ0) is 23.7. The average Bonchev–Trinajstić information content (AvgIpc) is 3.04. The van der Waals surface area contributed by atoms with E-state index >= 15 is 0 Å². The van der Waals surface area contributed by atoms with Crippen molar-refractivity contribution in [2.75, 3.05) is 6.61 Å². The van der Waals surface area contributed by atoms with Crippen molar-refractivity contribution in [1.82, 2.24) is 4.90 Å². The van der Waals surface area contributed by atoms with E-state index in [2.05, 4.69) is 0 Å². The number of hydrogen-bond donors (Lipinski definition) is 2. The highest BCUT2D eigenvalue weighted by atomic mass is 16.6. The van der Waals surface area contributed by atoms with Crippen molar-refractivity contribution in [2.45, 2.75) is 51.3 Å². The number of hydrogen-bond acceptors (Lipinski definition) is 6. The monoisotopic (exact) mass is 440 g/mol. The first-order valence-electron chi connectivity index (χ1n) is 10.4. The van der Waals surface area contributed by atoms with Crippen molar-refractivity contribution >= 4 is 18.2 Å². The van der Waals surface area contributed by atoms with E-state index < -0.39 is 29.4 Å². The summed E-state index contributed by atoms with van der Waals surface area (Å²) in [4.78, 5) is 38.0. The average molecular weight is 440 g/mol. The van der Waals surface area contributed by atoms with Crippen LogP contribution in [0.1, 0.15) is 51.2 Å². The van der Waals surface area contributed by atoms with Gasteiger partial charge in [0.25, 0.3) is 0 Å². The van der Waals surface area contributed by atoms with Crippen LogP contribution < -0.4 is 5.73 Å². The normalized spacial score (nSPS) is 14.7. The molecule has 32 heavy (non-hydrogen) atoms. The highest BCUT2D eigenvalue weighted by Crippen LogP contribution is 2.44. The minimum atomic E-state index is -2.31. The highest BCUT2D eigenvalue weighted by molar-refractivity contribution is 5.95. The third kappa shape index (κ3) is 4.31. The molecule has 0 radical (unpaired) electrons.